The van der Waals surface area contributed by atoms with Crippen molar-refractivity contribution in [3.05, 3.63) is 46.0 Å². The number of nitrogens with zero attached hydrogens (tertiary/aromatic N) is 2. The van der Waals surface area contributed by atoms with E-state index < -0.39 is 10.8 Å². The lowest BCUT2D eigenvalue weighted by atomic mass is 10.1. The fraction of sp³-hybridized carbons (Fsp3) is 0.182. The minimum absolute atomic E-state index is 0.0448. The van der Waals surface area contributed by atoms with Crippen LogP contribution in [0, 0.1) is 10.1 Å². The zero-order valence-corrected chi connectivity index (χ0v) is 9.49. The third kappa shape index (κ3) is 3.39. The van der Waals surface area contributed by atoms with Gasteiger partial charge in [0.15, 0.2) is 0 Å². The third-order valence-corrected chi connectivity index (χ3v) is 2.12. The van der Waals surface area contributed by atoms with Gasteiger partial charge in [0.25, 0.3) is 11.6 Å². The predicted molar refractivity (Wildman–Crippen MR) is 61.9 cm³/mol. The van der Waals surface area contributed by atoms with Crippen LogP contribution in [0.1, 0.15) is 5.56 Å². The zero-order chi connectivity index (χ0) is 12.8. The molecule has 0 aliphatic heterocycles. The molecule has 1 aromatic carbocycles. The molecular formula is C11H12N2O4. The Morgan fingerprint density at radius 2 is 2.12 bits per heavy atom. The molecule has 0 fully saturated rings. The van der Waals surface area contributed by atoms with Crippen LogP contribution in [0.3, 0.4) is 0 Å². The number of likely N-dealkylation sites (N-methyl/N-ethyl adjacent to an activating group) is 1. The average molecular weight is 236 g/mol. The van der Waals surface area contributed by atoms with Gasteiger partial charge >= 0.3 is 0 Å². The highest BCUT2D eigenvalue weighted by Crippen LogP contribution is 2.18. The molecule has 0 unspecified atom stereocenters. The molecule has 0 aromatic heterocycles. The number of carbonyl (C=O) groups is 1. The Bertz CT molecular complexity index is 457. The number of amides is 1. The number of nitro groups is 1. The Kier molecular flexibility index (Phi) is 4.36. The molecule has 0 spiro atoms. The van der Waals surface area contributed by atoms with Gasteiger partial charge in [0.05, 0.1) is 17.6 Å². The maximum absolute atomic E-state index is 11.4. The highest BCUT2D eigenvalue weighted by Gasteiger charge is 2.10. The highest BCUT2D eigenvalue weighted by molar-refractivity contribution is 5.91. The van der Waals surface area contributed by atoms with Crippen LogP contribution in [0.5, 0.6) is 0 Å². The summed E-state index contributed by atoms with van der Waals surface area (Å²) < 4.78 is 0. The number of nitro benzene ring substituents is 1. The summed E-state index contributed by atoms with van der Waals surface area (Å²) in [6.45, 7) is 0. The Labute approximate surface area is 98.2 Å². The van der Waals surface area contributed by atoms with Crippen molar-refractivity contribution in [1.82, 2.24) is 5.06 Å². The van der Waals surface area contributed by atoms with E-state index in [0.717, 1.165) is 5.06 Å². The van der Waals surface area contributed by atoms with Crippen LogP contribution >= 0.6 is 0 Å². The van der Waals surface area contributed by atoms with Gasteiger partial charge in [0, 0.05) is 19.2 Å². The van der Waals surface area contributed by atoms with Crippen LogP contribution in [0.2, 0.25) is 0 Å². The van der Waals surface area contributed by atoms with Gasteiger partial charge in [-0.15, -0.1) is 0 Å². The van der Waals surface area contributed by atoms with E-state index in [9.17, 15) is 14.9 Å². The summed E-state index contributed by atoms with van der Waals surface area (Å²) in [6.07, 6.45) is 2.60. The maximum Gasteiger partial charge on any atom is 0.276 e. The van der Waals surface area contributed by atoms with Gasteiger partial charge in [0.2, 0.25) is 0 Å². The third-order valence-electron chi connectivity index (χ3n) is 2.12. The normalized spacial score (nSPS) is 10.5. The molecule has 17 heavy (non-hydrogen) atoms. The van der Waals surface area contributed by atoms with Gasteiger partial charge in [-0.3, -0.25) is 19.7 Å². The van der Waals surface area contributed by atoms with Gasteiger partial charge in [-0.2, -0.15) is 0 Å². The molecule has 6 nitrogen and oxygen atoms in total. The molecule has 6 heteroatoms. The van der Waals surface area contributed by atoms with Gasteiger partial charge in [-0.1, -0.05) is 12.1 Å². The van der Waals surface area contributed by atoms with Crippen LogP contribution in [-0.2, 0) is 9.63 Å². The molecule has 90 valence electrons. The number of hydrogen-bond acceptors (Lipinski definition) is 4. The number of hydroxylamine groups is 2. The first-order valence-corrected chi connectivity index (χ1v) is 4.79. The first kappa shape index (κ1) is 12.9. The molecule has 0 N–H and O–H groups in total. The van der Waals surface area contributed by atoms with Gasteiger partial charge < -0.3 is 0 Å². The molecule has 0 aliphatic rings. The van der Waals surface area contributed by atoms with Crippen molar-refractivity contribution >= 4 is 17.7 Å². The Morgan fingerprint density at radius 3 is 2.71 bits per heavy atom. The van der Waals surface area contributed by atoms with Crippen molar-refractivity contribution < 1.29 is 14.6 Å². The minimum atomic E-state index is -0.496. The van der Waals surface area contributed by atoms with E-state index in [4.69, 9.17) is 0 Å². The lowest BCUT2D eigenvalue weighted by Gasteiger charge is -2.09. The number of hydrogen-bond donors (Lipinski definition) is 0. The molecule has 0 saturated carbocycles. The van der Waals surface area contributed by atoms with E-state index in [0.29, 0.717) is 5.56 Å². The monoisotopic (exact) mass is 236 g/mol. The highest BCUT2D eigenvalue weighted by atomic mass is 16.7. The van der Waals surface area contributed by atoms with Crippen LogP contribution in [0.15, 0.2) is 30.3 Å². The van der Waals surface area contributed by atoms with E-state index in [1.807, 2.05) is 0 Å². The van der Waals surface area contributed by atoms with Gasteiger partial charge in [-0.25, -0.2) is 5.06 Å². The van der Waals surface area contributed by atoms with E-state index in [2.05, 4.69) is 4.84 Å². The summed E-state index contributed by atoms with van der Waals surface area (Å²) in [5.74, 6) is -0.398. The molecular weight excluding hydrogens is 224 g/mol. The summed E-state index contributed by atoms with van der Waals surface area (Å²) in [6, 6.07) is 6.18. The second-order valence-electron chi connectivity index (χ2n) is 3.17. The molecule has 0 bridgehead atoms. The fourth-order valence-electron chi connectivity index (χ4n) is 1.15. The SMILES string of the molecule is CON(C)C(=O)C=Cc1ccccc1[N+](=O)[O-]. The average Bonchev–Trinajstić information content (AvgIpc) is 2.35. The lowest BCUT2D eigenvalue weighted by molar-refractivity contribution is -0.385. The van der Waals surface area contributed by atoms with Crippen LogP contribution < -0.4 is 0 Å². The van der Waals surface area contributed by atoms with Crippen molar-refractivity contribution in [2.45, 2.75) is 0 Å². The number of para-hydroxylation sites is 1. The van der Waals surface area contributed by atoms with E-state index in [1.54, 1.807) is 18.2 Å². The summed E-state index contributed by atoms with van der Waals surface area (Å²) in [5.41, 5.74) is 0.326. The number of rotatable bonds is 4. The summed E-state index contributed by atoms with van der Waals surface area (Å²) in [7, 11) is 2.81. The second-order valence-corrected chi connectivity index (χ2v) is 3.17. The fourth-order valence-corrected chi connectivity index (χ4v) is 1.15. The van der Waals surface area contributed by atoms with Crippen molar-refractivity contribution in [3.8, 4) is 0 Å². The molecule has 1 amide bonds. The number of benzene rings is 1. The topological polar surface area (TPSA) is 72.7 Å². The van der Waals surface area contributed by atoms with E-state index >= 15 is 0 Å². The maximum atomic E-state index is 11.4. The first-order valence-electron chi connectivity index (χ1n) is 4.79. The first-order chi connectivity index (χ1) is 8.06. The van der Waals surface area contributed by atoms with Crippen molar-refractivity contribution in [2.75, 3.05) is 14.2 Å². The summed E-state index contributed by atoms with van der Waals surface area (Å²) in [4.78, 5) is 26.3. The largest absolute Gasteiger partial charge is 0.276 e. The molecule has 0 atom stereocenters. The Hall–Kier alpha value is -2.21. The Balaban J connectivity index is 2.92. The molecule has 1 aromatic rings. The quantitative estimate of drug-likeness (QED) is 0.452. The molecule has 0 saturated heterocycles. The standard InChI is InChI=1S/C11H12N2O4/c1-12(17-2)11(14)8-7-9-5-3-4-6-10(9)13(15)16/h3-8H,1-2H3. The molecule has 0 heterocycles. The predicted octanol–water partition coefficient (Wildman–Crippen LogP) is 1.63. The summed E-state index contributed by atoms with van der Waals surface area (Å²) in [5, 5.41) is 11.7. The zero-order valence-electron chi connectivity index (χ0n) is 9.49. The molecule has 0 aliphatic carbocycles. The van der Waals surface area contributed by atoms with Gasteiger partial charge in [-0.05, 0) is 12.1 Å². The van der Waals surface area contributed by atoms with E-state index in [-0.39, 0.29) is 5.69 Å². The Morgan fingerprint density at radius 1 is 1.47 bits per heavy atom. The van der Waals surface area contributed by atoms with E-state index in [1.165, 1.54) is 32.4 Å². The minimum Gasteiger partial charge on any atom is -0.274 e. The van der Waals surface area contributed by atoms with Crippen LogP contribution in [0.25, 0.3) is 6.08 Å². The van der Waals surface area contributed by atoms with Crippen molar-refractivity contribution in [2.24, 2.45) is 0 Å². The van der Waals surface area contributed by atoms with Crippen molar-refractivity contribution in [3.63, 3.8) is 0 Å². The second kappa shape index (κ2) is 5.76. The lowest BCUT2D eigenvalue weighted by Crippen LogP contribution is -2.22. The number of carbonyl (C=O) groups excluding carboxylic acids is 1. The van der Waals surface area contributed by atoms with Crippen LogP contribution in [0.4, 0.5) is 5.69 Å². The smallest absolute Gasteiger partial charge is 0.274 e. The summed E-state index contributed by atoms with van der Waals surface area (Å²) >= 11 is 0. The molecule has 1 rings (SSSR count). The van der Waals surface area contributed by atoms with Crippen LogP contribution in [-0.4, -0.2) is 30.1 Å². The molecule has 0 radical (unpaired) electrons. The van der Waals surface area contributed by atoms with Gasteiger partial charge in [0.1, 0.15) is 0 Å². The van der Waals surface area contributed by atoms with Crippen molar-refractivity contribution in [1.29, 1.82) is 0 Å².